The first-order valence-corrected chi connectivity index (χ1v) is 3.93. The second-order valence-electron chi connectivity index (χ2n) is 2.51. The standard InChI is InChI=1S/C6H8N.C5H7.Ru/c1-5-3-6(2)7-4-5;1-3-5-4-2;/h3-4H,1-2H3;1,3-5H,2H3;/q2*-1;+2. The van der Waals surface area contributed by atoms with Crippen molar-refractivity contribution in [2.45, 2.75) is 20.8 Å². The molecule has 1 aromatic heterocycles. The zero-order valence-corrected chi connectivity index (χ0v) is 10.0. The third-order valence-electron chi connectivity index (χ3n) is 1.21. The summed E-state index contributed by atoms with van der Waals surface area (Å²) in [5.41, 5.74) is 2.36. The first-order valence-electron chi connectivity index (χ1n) is 3.93. The Kier molecular flexibility index (Phi) is 10.8. The second-order valence-corrected chi connectivity index (χ2v) is 2.51. The molecule has 1 heterocycles. The van der Waals surface area contributed by atoms with Crippen molar-refractivity contribution in [3.05, 3.63) is 48.3 Å². The van der Waals surface area contributed by atoms with Crippen LogP contribution in [0.25, 0.3) is 0 Å². The maximum Gasteiger partial charge on any atom is 2.00 e. The molecule has 0 aliphatic carbocycles. The summed E-state index contributed by atoms with van der Waals surface area (Å²) in [5.74, 6) is 0. The number of allylic oxidation sites excluding steroid dienone is 3. The Morgan fingerprint density at radius 1 is 1.54 bits per heavy atom. The Balaban J connectivity index is 0. The largest absolute Gasteiger partial charge is 2.00 e. The SMILES string of the molecule is Cc1cn[c-](C)c1.[CH-]=CC=CC.[Ru+2]. The van der Waals surface area contributed by atoms with E-state index in [0.717, 1.165) is 5.69 Å². The molecule has 0 bridgehead atoms. The van der Waals surface area contributed by atoms with Gasteiger partial charge in [0.2, 0.25) is 0 Å². The zero-order valence-electron chi connectivity index (χ0n) is 8.26. The van der Waals surface area contributed by atoms with Crippen molar-refractivity contribution in [1.82, 2.24) is 4.98 Å². The summed E-state index contributed by atoms with van der Waals surface area (Å²) in [5, 5.41) is 0. The molecule has 2 heteroatoms. The fourth-order valence-electron chi connectivity index (χ4n) is 0.719. The van der Waals surface area contributed by atoms with Crippen LogP contribution < -0.4 is 0 Å². The van der Waals surface area contributed by atoms with Crippen LogP contribution in [-0.2, 0) is 19.5 Å². The van der Waals surface area contributed by atoms with Crippen molar-refractivity contribution < 1.29 is 19.5 Å². The first-order chi connectivity index (χ1) is 5.70. The Morgan fingerprint density at radius 3 is 2.23 bits per heavy atom. The van der Waals surface area contributed by atoms with Crippen LogP contribution in [0.4, 0.5) is 0 Å². The molecule has 0 N–H and O–H groups in total. The van der Waals surface area contributed by atoms with E-state index in [1.807, 2.05) is 33.0 Å². The van der Waals surface area contributed by atoms with Gasteiger partial charge in [0.05, 0.1) is 0 Å². The number of aromatic nitrogens is 1. The molecule has 0 fully saturated rings. The van der Waals surface area contributed by atoms with Gasteiger partial charge in [-0.15, -0.1) is 6.20 Å². The van der Waals surface area contributed by atoms with Crippen molar-refractivity contribution in [2.75, 3.05) is 0 Å². The van der Waals surface area contributed by atoms with E-state index in [-0.39, 0.29) is 19.5 Å². The molecule has 0 saturated heterocycles. The Hall–Kier alpha value is -0.617. The van der Waals surface area contributed by atoms with Crippen LogP contribution in [0, 0.1) is 20.4 Å². The molecular weight excluding hydrogens is 247 g/mol. The van der Waals surface area contributed by atoms with Crippen molar-refractivity contribution in [1.29, 1.82) is 0 Å². The van der Waals surface area contributed by atoms with Gasteiger partial charge in [0.1, 0.15) is 0 Å². The van der Waals surface area contributed by atoms with Crippen molar-refractivity contribution in [3.63, 3.8) is 0 Å². The monoisotopic (exact) mass is 263 g/mol. The average molecular weight is 262 g/mol. The van der Waals surface area contributed by atoms with Crippen LogP contribution in [0.15, 0.2) is 30.5 Å². The minimum Gasteiger partial charge on any atom is -0.399 e. The summed E-state index contributed by atoms with van der Waals surface area (Å²) in [6.45, 7) is 10.9. The zero-order chi connectivity index (χ0) is 9.40. The predicted molar refractivity (Wildman–Crippen MR) is 53.0 cm³/mol. The van der Waals surface area contributed by atoms with Crippen molar-refractivity contribution in [3.8, 4) is 0 Å². The molecule has 0 aromatic carbocycles. The van der Waals surface area contributed by atoms with E-state index in [2.05, 4.69) is 11.1 Å². The van der Waals surface area contributed by atoms with Gasteiger partial charge in [0.15, 0.2) is 0 Å². The van der Waals surface area contributed by atoms with Gasteiger partial charge < -0.3 is 4.98 Å². The van der Waals surface area contributed by atoms with Crippen LogP contribution in [0.3, 0.4) is 0 Å². The van der Waals surface area contributed by atoms with Crippen LogP contribution in [-0.4, -0.2) is 4.98 Å². The third kappa shape index (κ3) is 9.30. The Morgan fingerprint density at radius 2 is 2.15 bits per heavy atom. The fourth-order valence-corrected chi connectivity index (χ4v) is 0.719. The average Bonchev–Trinajstić information content (AvgIpc) is 2.38. The van der Waals surface area contributed by atoms with E-state index in [4.69, 9.17) is 6.58 Å². The van der Waals surface area contributed by atoms with Gasteiger partial charge in [-0.25, -0.2) is 12.2 Å². The number of hydrogen-bond donors (Lipinski definition) is 0. The summed E-state index contributed by atoms with van der Waals surface area (Å²) >= 11 is 0. The maximum atomic E-state index is 4.93. The summed E-state index contributed by atoms with van der Waals surface area (Å²) < 4.78 is 0. The molecule has 1 rings (SSSR count). The van der Waals surface area contributed by atoms with Gasteiger partial charge >= 0.3 is 19.5 Å². The fraction of sp³-hybridized carbons (Fsp3) is 0.273. The van der Waals surface area contributed by atoms with E-state index in [1.165, 1.54) is 11.6 Å². The molecule has 0 saturated carbocycles. The van der Waals surface area contributed by atoms with E-state index < -0.39 is 0 Å². The number of hydrogen-bond acceptors (Lipinski definition) is 1. The molecule has 0 unspecified atom stereocenters. The molecule has 72 valence electrons. The maximum absolute atomic E-state index is 4.93. The molecular formula is C11H15NRu. The van der Waals surface area contributed by atoms with E-state index >= 15 is 0 Å². The van der Waals surface area contributed by atoms with Crippen LogP contribution in [0.5, 0.6) is 0 Å². The molecule has 1 nitrogen and oxygen atoms in total. The summed E-state index contributed by atoms with van der Waals surface area (Å²) in [6, 6.07) is 2.06. The molecule has 0 radical (unpaired) electrons. The molecule has 1 aromatic rings. The van der Waals surface area contributed by atoms with Crippen molar-refractivity contribution >= 4 is 0 Å². The van der Waals surface area contributed by atoms with Gasteiger partial charge in [0.25, 0.3) is 0 Å². The van der Waals surface area contributed by atoms with Gasteiger partial charge in [-0.3, -0.25) is 6.58 Å². The molecule has 0 spiro atoms. The van der Waals surface area contributed by atoms with Gasteiger partial charge in [-0.05, 0) is 0 Å². The molecule has 0 amide bonds. The smallest absolute Gasteiger partial charge is 0.399 e. The molecule has 0 atom stereocenters. The number of rotatable bonds is 1. The van der Waals surface area contributed by atoms with Crippen LogP contribution in [0.1, 0.15) is 18.2 Å². The summed E-state index contributed by atoms with van der Waals surface area (Å²) in [7, 11) is 0. The molecule has 13 heavy (non-hydrogen) atoms. The van der Waals surface area contributed by atoms with Gasteiger partial charge in [-0.2, -0.15) is 17.7 Å². The number of aryl methyl sites for hydroxylation is 2. The minimum atomic E-state index is 0. The third-order valence-corrected chi connectivity index (χ3v) is 1.21. The van der Waals surface area contributed by atoms with Crippen LogP contribution >= 0.6 is 0 Å². The number of nitrogens with zero attached hydrogens (tertiary/aromatic N) is 1. The molecule has 0 aliphatic heterocycles. The van der Waals surface area contributed by atoms with Gasteiger partial charge in [-0.1, -0.05) is 26.5 Å². The Labute approximate surface area is 93.7 Å². The van der Waals surface area contributed by atoms with E-state index in [0.29, 0.717) is 0 Å². The minimum absolute atomic E-state index is 0. The summed E-state index contributed by atoms with van der Waals surface area (Å²) in [6.07, 6.45) is 7.02. The Bertz CT molecular complexity index is 232. The van der Waals surface area contributed by atoms with E-state index in [1.54, 1.807) is 6.08 Å². The summed E-state index contributed by atoms with van der Waals surface area (Å²) in [4.78, 5) is 4.02. The predicted octanol–water partition coefficient (Wildman–Crippen LogP) is 2.97. The second kappa shape index (κ2) is 9.47. The first kappa shape index (κ1) is 14.9. The molecule has 0 aliphatic rings. The quantitative estimate of drug-likeness (QED) is 0.431. The topological polar surface area (TPSA) is 12.9 Å². The van der Waals surface area contributed by atoms with Gasteiger partial charge in [0, 0.05) is 0 Å². The van der Waals surface area contributed by atoms with E-state index in [9.17, 15) is 0 Å². The normalized spacial score (nSPS) is 8.54. The van der Waals surface area contributed by atoms with Crippen molar-refractivity contribution in [2.24, 2.45) is 0 Å². The van der Waals surface area contributed by atoms with Crippen LogP contribution in [0.2, 0.25) is 0 Å².